The zero-order chi connectivity index (χ0) is 12.3. The van der Waals surface area contributed by atoms with E-state index in [9.17, 15) is 0 Å². The molecule has 0 unspecified atom stereocenters. The molecule has 0 spiro atoms. The number of nitrogens with zero attached hydrogens (tertiary/aromatic N) is 1. The molecule has 0 aliphatic rings. The van der Waals surface area contributed by atoms with Crippen LogP contribution in [0.4, 0.5) is 11.4 Å². The van der Waals surface area contributed by atoms with E-state index >= 15 is 0 Å². The first kappa shape index (κ1) is 12.2. The van der Waals surface area contributed by atoms with Gasteiger partial charge in [0.15, 0.2) is 0 Å². The third-order valence-electron chi connectivity index (χ3n) is 2.70. The SMILES string of the molecule is [CH3][Ge]([CH3])([CH3])[N](c1ccccc1)c1ccccc1. The molecule has 2 heteroatoms. The van der Waals surface area contributed by atoms with Crippen LogP contribution in [0.5, 0.6) is 0 Å². The minimum absolute atomic E-state index is 1.31. The van der Waals surface area contributed by atoms with E-state index in [1.165, 1.54) is 11.4 Å². The molecule has 0 amide bonds. The van der Waals surface area contributed by atoms with Crippen molar-refractivity contribution in [2.45, 2.75) is 17.3 Å². The second-order valence-corrected chi connectivity index (χ2v) is 15.2. The first-order valence-electron chi connectivity index (χ1n) is 5.99. The average molecular weight is 286 g/mol. The fourth-order valence-corrected chi connectivity index (χ4v) is 5.95. The van der Waals surface area contributed by atoms with Crippen molar-refractivity contribution >= 4 is 24.9 Å². The van der Waals surface area contributed by atoms with Crippen LogP contribution in [0, 0.1) is 0 Å². The fraction of sp³-hybridized carbons (Fsp3) is 0.200. The molecular weight excluding hydrogens is 267 g/mol. The van der Waals surface area contributed by atoms with E-state index in [2.05, 4.69) is 81.8 Å². The van der Waals surface area contributed by atoms with E-state index in [-0.39, 0.29) is 0 Å². The third kappa shape index (κ3) is 2.92. The van der Waals surface area contributed by atoms with Crippen LogP contribution in [0.2, 0.25) is 17.3 Å². The zero-order valence-corrected chi connectivity index (χ0v) is 12.8. The summed E-state index contributed by atoms with van der Waals surface area (Å²) in [7, 11) is 0. The molecule has 17 heavy (non-hydrogen) atoms. The van der Waals surface area contributed by atoms with Crippen LogP contribution in [0.15, 0.2) is 60.7 Å². The van der Waals surface area contributed by atoms with Crippen molar-refractivity contribution in [2.24, 2.45) is 0 Å². The zero-order valence-electron chi connectivity index (χ0n) is 10.7. The van der Waals surface area contributed by atoms with Crippen LogP contribution in [0.3, 0.4) is 0 Å². The molecule has 2 aromatic rings. The molecule has 88 valence electrons. The van der Waals surface area contributed by atoms with Gasteiger partial charge in [-0.15, -0.1) is 0 Å². The van der Waals surface area contributed by atoms with Gasteiger partial charge in [-0.05, 0) is 0 Å². The van der Waals surface area contributed by atoms with E-state index in [1.807, 2.05) is 0 Å². The number of benzene rings is 2. The summed E-state index contributed by atoms with van der Waals surface area (Å²) in [6.45, 7) is 0. The first-order chi connectivity index (χ1) is 8.09. The van der Waals surface area contributed by atoms with Crippen molar-refractivity contribution in [2.75, 3.05) is 3.86 Å². The van der Waals surface area contributed by atoms with Gasteiger partial charge in [0.25, 0.3) is 0 Å². The van der Waals surface area contributed by atoms with Gasteiger partial charge in [0.05, 0.1) is 0 Å². The van der Waals surface area contributed by atoms with Gasteiger partial charge in [-0.2, -0.15) is 0 Å². The van der Waals surface area contributed by atoms with Crippen LogP contribution in [-0.4, -0.2) is 13.5 Å². The quantitative estimate of drug-likeness (QED) is 0.742. The molecule has 0 N–H and O–H groups in total. The van der Waals surface area contributed by atoms with Gasteiger partial charge in [0, 0.05) is 0 Å². The van der Waals surface area contributed by atoms with E-state index in [1.54, 1.807) is 0 Å². The molecule has 0 aromatic heterocycles. The van der Waals surface area contributed by atoms with Gasteiger partial charge >= 0.3 is 107 Å². The molecule has 0 atom stereocenters. The molecule has 2 aromatic carbocycles. The molecule has 0 fully saturated rings. The van der Waals surface area contributed by atoms with Crippen molar-refractivity contribution < 1.29 is 0 Å². The Morgan fingerprint density at radius 2 is 1.00 bits per heavy atom. The minimum atomic E-state index is -1.96. The molecule has 0 aliphatic carbocycles. The molecular formula is C15H19GeN. The summed E-state index contributed by atoms with van der Waals surface area (Å²) >= 11 is -1.96. The van der Waals surface area contributed by atoms with Crippen LogP contribution in [0.1, 0.15) is 0 Å². The number of para-hydroxylation sites is 2. The molecule has 0 saturated heterocycles. The third-order valence-corrected chi connectivity index (χ3v) is 6.60. The Hall–Kier alpha value is -1.22. The fourth-order valence-electron chi connectivity index (χ4n) is 2.08. The molecule has 0 saturated carbocycles. The van der Waals surface area contributed by atoms with Gasteiger partial charge < -0.3 is 0 Å². The molecule has 1 nitrogen and oxygen atoms in total. The Morgan fingerprint density at radius 3 is 1.29 bits per heavy atom. The second kappa shape index (κ2) is 4.96. The van der Waals surface area contributed by atoms with Crippen molar-refractivity contribution in [1.82, 2.24) is 0 Å². The molecule has 0 bridgehead atoms. The number of anilines is 2. The van der Waals surface area contributed by atoms with Gasteiger partial charge in [0.1, 0.15) is 0 Å². The summed E-state index contributed by atoms with van der Waals surface area (Å²) in [5, 5.41) is 0. The summed E-state index contributed by atoms with van der Waals surface area (Å²) in [5.41, 5.74) is 2.62. The van der Waals surface area contributed by atoms with E-state index < -0.39 is 13.5 Å². The van der Waals surface area contributed by atoms with Gasteiger partial charge in [0.2, 0.25) is 0 Å². The van der Waals surface area contributed by atoms with Crippen molar-refractivity contribution in [3.8, 4) is 0 Å². The summed E-state index contributed by atoms with van der Waals surface area (Å²) in [4.78, 5) is 0. The molecule has 0 radical (unpaired) electrons. The maximum atomic E-state index is 2.54. The summed E-state index contributed by atoms with van der Waals surface area (Å²) in [6.07, 6.45) is 0. The molecule has 0 aliphatic heterocycles. The van der Waals surface area contributed by atoms with Gasteiger partial charge in [-0.1, -0.05) is 0 Å². The number of hydrogen-bond acceptors (Lipinski definition) is 1. The van der Waals surface area contributed by atoms with Crippen LogP contribution >= 0.6 is 0 Å². The average Bonchev–Trinajstić information content (AvgIpc) is 2.30. The van der Waals surface area contributed by atoms with Crippen molar-refractivity contribution in [3.05, 3.63) is 60.7 Å². The van der Waals surface area contributed by atoms with Gasteiger partial charge in [-0.3, -0.25) is 0 Å². The molecule has 2 rings (SSSR count). The monoisotopic (exact) mass is 287 g/mol. The predicted octanol–water partition coefficient (Wildman–Crippen LogP) is 4.66. The van der Waals surface area contributed by atoms with Crippen molar-refractivity contribution in [3.63, 3.8) is 0 Å². The second-order valence-electron chi connectivity index (χ2n) is 5.18. The summed E-state index contributed by atoms with van der Waals surface area (Å²) < 4.78 is 2.54. The maximum absolute atomic E-state index is 2.54. The Balaban J connectivity index is 2.48. The van der Waals surface area contributed by atoms with Crippen LogP contribution in [-0.2, 0) is 0 Å². The van der Waals surface area contributed by atoms with Crippen LogP contribution < -0.4 is 3.86 Å². The Morgan fingerprint density at radius 1 is 0.647 bits per heavy atom. The molecule has 0 heterocycles. The normalized spacial score (nSPS) is 11.2. The van der Waals surface area contributed by atoms with E-state index in [0.717, 1.165) is 0 Å². The first-order valence-corrected chi connectivity index (χ1v) is 13.2. The Kier molecular flexibility index (Phi) is 3.58. The van der Waals surface area contributed by atoms with E-state index in [0.29, 0.717) is 0 Å². The van der Waals surface area contributed by atoms with Crippen LogP contribution in [0.25, 0.3) is 0 Å². The number of rotatable bonds is 3. The van der Waals surface area contributed by atoms with Gasteiger partial charge in [-0.25, -0.2) is 0 Å². The predicted molar refractivity (Wildman–Crippen MR) is 78.4 cm³/mol. The summed E-state index contributed by atoms with van der Waals surface area (Å²) in [5.74, 6) is 7.25. The summed E-state index contributed by atoms with van der Waals surface area (Å²) in [6, 6.07) is 21.4. The number of hydrogen-bond donors (Lipinski definition) is 0. The standard InChI is InChI=1S/C15H19GeN/c1-16(2,3)17(14-10-6-4-7-11-14)15-12-8-5-9-13-15/h4-13H,1-3H3. The Labute approximate surface area is 107 Å². The Bertz CT molecular complexity index is 420. The topological polar surface area (TPSA) is 3.24 Å². The van der Waals surface area contributed by atoms with E-state index in [4.69, 9.17) is 0 Å². The van der Waals surface area contributed by atoms with Crippen molar-refractivity contribution in [1.29, 1.82) is 0 Å².